The molecule has 2 aromatic carbocycles. The first-order valence-corrected chi connectivity index (χ1v) is 9.83. The van der Waals surface area contributed by atoms with Gasteiger partial charge in [0, 0.05) is 10.5 Å². The molecule has 2 aromatic rings. The first-order valence-electron chi connectivity index (χ1n) is 9.38. The van der Waals surface area contributed by atoms with Crippen molar-refractivity contribution in [3.8, 4) is 0 Å². The topological polar surface area (TPSA) is 26.3 Å². The zero-order chi connectivity index (χ0) is 17.7. The minimum Gasteiger partial charge on any atom is -0.458 e. The van der Waals surface area contributed by atoms with Crippen molar-refractivity contribution in [1.29, 1.82) is 0 Å². The van der Waals surface area contributed by atoms with E-state index < -0.39 is 0 Å². The number of hydrogen-bond donors (Lipinski definition) is 1. The third kappa shape index (κ3) is 2.77. The van der Waals surface area contributed by atoms with Crippen LogP contribution in [-0.2, 0) is 9.53 Å². The quantitative estimate of drug-likeness (QED) is 0.568. The Hall–Kier alpha value is -1.48. The standard InChI is InChI=1S/C22H26O2S/c1-12-13(2)19-10-16(12)11-20(19)22(23)24-14(3)17-9-8-15-6-4-5-7-18(15)21(17)25/h4-9,12-14,16,19-20,25H,10-11H2,1-3H3. The molecule has 0 aromatic heterocycles. The largest absolute Gasteiger partial charge is 0.458 e. The maximum atomic E-state index is 12.8. The Labute approximate surface area is 155 Å². The van der Waals surface area contributed by atoms with Gasteiger partial charge in [-0.1, -0.05) is 50.2 Å². The number of carbonyl (C=O) groups excluding carboxylic acids is 1. The molecule has 6 unspecified atom stereocenters. The third-order valence-corrected chi connectivity index (χ3v) is 7.36. The van der Waals surface area contributed by atoms with Crippen LogP contribution in [0, 0.1) is 29.6 Å². The molecular weight excluding hydrogens is 328 g/mol. The molecule has 25 heavy (non-hydrogen) atoms. The summed E-state index contributed by atoms with van der Waals surface area (Å²) in [6, 6.07) is 12.3. The summed E-state index contributed by atoms with van der Waals surface area (Å²) in [6.45, 7) is 6.59. The predicted molar refractivity (Wildman–Crippen MR) is 104 cm³/mol. The maximum Gasteiger partial charge on any atom is 0.309 e. The second-order valence-electron chi connectivity index (χ2n) is 8.02. The first-order chi connectivity index (χ1) is 12.0. The molecule has 6 atom stereocenters. The molecule has 0 saturated heterocycles. The SMILES string of the molecule is CC(OC(=O)C1CC2CC1C(C)C2C)c1ccc2ccccc2c1S. The summed E-state index contributed by atoms with van der Waals surface area (Å²) in [6.07, 6.45) is 1.94. The van der Waals surface area contributed by atoms with Crippen LogP contribution < -0.4 is 0 Å². The highest BCUT2D eigenvalue weighted by Crippen LogP contribution is 2.55. The van der Waals surface area contributed by atoms with E-state index in [0.717, 1.165) is 33.6 Å². The van der Waals surface area contributed by atoms with Crippen LogP contribution in [0.2, 0.25) is 0 Å². The van der Waals surface area contributed by atoms with Crippen molar-refractivity contribution >= 4 is 29.4 Å². The van der Waals surface area contributed by atoms with Gasteiger partial charge >= 0.3 is 5.97 Å². The molecule has 4 rings (SSSR count). The Bertz CT molecular complexity index is 813. The molecule has 2 aliphatic rings. The molecular formula is C22H26O2S. The van der Waals surface area contributed by atoms with Crippen LogP contribution in [0.1, 0.15) is 45.3 Å². The van der Waals surface area contributed by atoms with Crippen LogP contribution in [0.4, 0.5) is 0 Å². The van der Waals surface area contributed by atoms with E-state index in [9.17, 15) is 4.79 Å². The molecule has 2 fully saturated rings. The van der Waals surface area contributed by atoms with E-state index >= 15 is 0 Å². The minimum atomic E-state index is -0.267. The number of hydrogen-bond acceptors (Lipinski definition) is 3. The first kappa shape index (κ1) is 17.0. The van der Waals surface area contributed by atoms with E-state index in [4.69, 9.17) is 17.4 Å². The molecule has 132 valence electrons. The molecule has 0 amide bonds. The van der Waals surface area contributed by atoms with E-state index in [1.165, 1.54) is 6.42 Å². The van der Waals surface area contributed by atoms with Gasteiger partial charge in [-0.25, -0.2) is 0 Å². The van der Waals surface area contributed by atoms with E-state index in [2.05, 4.69) is 32.0 Å². The molecule has 0 spiro atoms. The molecule has 0 N–H and O–H groups in total. The second-order valence-corrected chi connectivity index (χ2v) is 8.47. The highest BCUT2D eigenvalue weighted by atomic mass is 32.1. The summed E-state index contributed by atoms with van der Waals surface area (Å²) < 4.78 is 5.90. The molecule has 2 nitrogen and oxygen atoms in total. The minimum absolute atomic E-state index is 0.0142. The van der Waals surface area contributed by atoms with Gasteiger partial charge in [0.1, 0.15) is 6.10 Å². The Morgan fingerprint density at radius 3 is 2.60 bits per heavy atom. The van der Waals surface area contributed by atoms with Crippen molar-refractivity contribution in [2.75, 3.05) is 0 Å². The number of carbonyl (C=O) groups is 1. The van der Waals surface area contributed by atoms with Crippen LogP contribution >= 0.6 is 12.6 Å². The van der Waals surface area contributed by atoms with Crippen molar-refractivity contribution in [2.24, 2.45) is 29.6 Å². The number of rotatable bonds is 3. The Morgan fingerprint density at radius 1 is 1.12 bits per heavy atom. The van der Waals surface area contributed by atoms with Crippen molar-refractivity contribution in [2.45, 2.75) is 44.6 Å². The summed E-state index contributed by atoms with van der Waals surface area (Å²) in [4.78, 5) is 13.7. The molecule has 3 heteroatoms. The lowest BCUT2D eigenvalue weighted by Crippen LogP contribution is -2.31. The summed E-state index contributed by atoms with van der Waals surface area (Å²) >= 11 is 4.71. The molecule has 0 radical (unpaired) electrons. The predicted octanol–water partition coefficient (Wildman–Crippen LogP) is 5.66. The molecule has 0 aliphatic heterocycles. The van der Waals surface area contributed by atoms with Crippen molar-refractivity contribution < 1.29 is 9.53 Å². The fraction of sp³-hybridized carbons (Fsp3) is 0.500. The van der Waals surface area contributed by atoms with Gasteiger partial charge < -0.3 is 4.74 Å². The van der Waals surface area contributed by atoms with Crippen LogP contribution in [0.5, 0.6) is 0 Å². The average Bonchev–Trinajstić information content (AvgIpc) is 3.16. The Kier molecular flexibility index (Phi) is 4.31. The van der Waals surface area contributed by atoms with Crippen molar-refractivity contribution in [1.82, 2.24) is 0 Å². The van der Waals surface area contributed by atoms with Gasteiger partial charge in [0.05, 0.1) is 5.92 Å². The summed E-state index contributed by atoms with van der Waals surface area (Å²) in [7, 11) is 0. The summed E-state index contributed by atoms with van der Waals surface area (Å²) in [5.41, 5.74) is 0.986. The van der Waals surface area contributed by atoms with Gasteiger partial charge in [0.15, 0.2) is 0 Å². The van der Waals surface area contributed by atoms with E-state index in [-0.39, 0.29) is 18.0 Å². The average molecular weight is 355 g/mol. The van der Waals surface area contributed by atoms with Gasteiger partial charge in [0.25, 0.3) is 0 Å². The van der Waals surface area contributed by atoms with Gasteiger partial charge in [-0.2, -0.15) is 0 Å². The number of thiol groups is 1. The van der Waals surface area contributed by atoms with Crippen molar-refractivity contribution in [3.05, 3.63) is 42.0 Å². The van der Waals surface area contributed by atoms with Gasteiger partial charge in [0.2, 0.25) is 0 Å². The third-order valence-electron chi connectivity index (χ3n) is 6.86. The normalized spacial score (nSPS) is 32.1. The van der Waals surface area contributed by atoms with Crippen LogP contribution in [-0.4, -0.2) is 5.97 Å². The van der Waals surface area contributed by atoms with Crippen LogP contribution in [0.3, 0.4) is 0 Å². The Morgan fingerprint density at radius 2 is 1.88 bits per heavy atom. The number of fused-ring (bicyclic) bond motifs is 3. The second kappa shape index (κ2) is 6.35. The molecule has 2 aliphatic carbocycles. The highest BCUT2D eigenvalue weighted by Gasteiger charge is 2.51. The number of benzene rings is 2. The summed E-state index contributed by atoms with van der Waals surface area (Å²) in [5.74, 6) is 2.66. The van der Waals surface area contributed by atoms with E-state index in [1.807, 2.05) is 25.1 Å². The van der Waals surface area contributed by atoms with E-state index in [1.54, 1.807) is 0 Å². The van der Waals surface area contributed by atoms with E-state index in [0.29, 0.717) is 17.8 Å². The molecule has 2 saturated carbocycles. The fourth-order valence-electron chi connectivity index (χ4n) is 5.14. The molecule has 0 heterocycles. The molecule has 2 bridgehead atoms. The monoisotopic (exact) mass is 354 g/mol. The number of esters is 1. The lowest BCUT2D eigenvalue weighted by atomic mass is 9.76. The zero-order valence-corrected chi connectivity index (χ0v) is 16.0. The highest BCUT2D eigenvalue weighted by molar-refractivity contribution is 7.80. The fourth-order valence-corrected chi connectivity index (χ4v) is 5.60. The zero-order valence-electron chi connectivity index (χ0n) is 15.1. The van der Waals surface area contributed by atoms with Gasteiger partial charge in [-0.05, 0) is 54.2 Å². The lowest BCUT2D eigenvalue weighted by Gasteiger charge is -2.31. The Balaban J connectivity index is 1.52. The summed E-state index contributed by atoms with van der Waals surface area (Å²) in [5, 5.41) is 2.26. The van der Waals surface area contributed by atoms with Crippen molar-refractivity contribution in [3.63, 3.8) is 0 Å². The van der Waals surface area contributed by atoms with Crippen LogP contribution in [0.15, 0.2) is 41.3 Å². The van der Waals surface area contributed by atoms with Crippen LogP contribution in [0.25, 0.3) is 10.8 Å². The maximum absolute atomic E-state index is 12.8. The smallest absolute Gasteiger partial charge is 0.309 e. The lowest BCUT2D eigenvalue weighted by molar-refractivity contribution is -0.156. The number of ether oxygens (including phenoxy) is 1. The van der Waals surface area contributed by atoms with Gasteiger partial charge in [-0.3, -0.25) is 4.79 Å². The van der Waals surface area contributed by atoms with Gasteiger partial charge in [-0.15, -0.1) is 12.6 Å².